The molecule has 10 heteroatoms. The van der Waals surface area contributed by atoms with E-state index in [0.717, 1.165) is 30.8 Å². The van der Waals surface area contributed by atoms with E-state index < -0.39 is 0 Å². The highest BCUT2D eigenvalue weighted by Gasteiger charge is 2.81. The van der Waals surface area contributed by atoms with E-state index in [1.54, 1.807) is 0 Å². The molecule has 2 bridgehead atoms. The Hall–Kier alpha value is -3.56. The number of nitrogens with zero attached hydrogens (tertiary/aromatic N) is 5. The van der Waals surface area contributed by atoms with Crippen molar-refractivity contribution in [1.29, 1.82) is 0 Å². The van der Waals surface area contributed by atoms with Gasteiger partial charge >= 0.3 is 6.09 Å². The van der Waals surface area contributed by atoms with Crippen LogP contribution in [-0.2, 0) is 16.1 Å². The number of ether oxygens (including phenoxy) is 1. The molecule has 6 atom stereocenters. The number of piperazine rings is 1. The molecule has 5 unspecified atom stereocenters. The molecule has 2 saturated carbocycles. The number of carbonyl (C=O) groups is 3. The van der Waals surface area contributed by atoms with Crippen molar-refractivity contribution < 1.29 is 19.1 Å². The average Bonchev–Trinajstić information content (AvgIpc) is 3.72. The molecule has 5 fully saturated rings. The Bertz CT molecular complexity index is 1400. The molecule has 1 aromatic carbocycles. The van der Waals surface area contributed by atoms with Gasteiger partial charge in [0.25, 0.3) is 5.91 Å². The van der Waals surface area contributed by atoms with Crippen LogP contribution in [0.4, 0.5) is 10.5 Å². The third-order valence-corrected chi connectivity index (χ3v) is 10.3. The van der Waals surface area contributed by atoms with Crippen LogP contribution in [0.2, 0.25) is 0 Å². The summed E-state index contributed by atoms with van der Waals surface area (Å²) in [4.78, 5) is 44.9. The summed E-state index contributed by atoms with van der Waals surface area (Å²) in [7, 11) is 0. The van der Waals surface area contributed by atoms with Crippen LogP contribution in [0.5, 0.6) is 0 Å². The van der Waals surface area contributed by atoms with Gasteiger partial charge in [-0.1, -0.05) is 12.1 Å². The molecule has 204 valence electrons. The Balaban J connectivity index is 0.965. The first-order valence-electron chi connectivity index (χ1n) is 14.3. The summed E-state index contributed by atoms with van der Waals surface area (Å²) in [5, 5.41) is 7.69. The van der Waals surface area contributed by atoms with E-state index in [2.05, 4.69) is 42.3 Å². The van der Waals surface area contributed by atoms with Gasteiger partial charge in [-0.3, -0.25) is 14.3 Å². The molecule has 3 amide bonds. The number of rotatable bonds is 4. The van der Waals surface area contributed by atoms with Crippen LogP contribution >= 0.6 is 0 Å². The van der Waals surface area contributed by atoms with Crippen molar-refractivity contribution >= 4 is 23.6 Å². The number of benzene rings is 1. The zero-order valence-electron chi connectivity index (χ0n) is 22.4. The number of fused-ring (bicyclic) bond motifs is 1. The van der Waals surface area contributed by atoms with Crippen molar-refractivity contribution in [2.75, 3.05) is 50.8 Å². The molecule has 1 N–H and O–H groups in total. The lowest BCUT2D eigenvalue weighted by Crippen LogP contribution is -2.57. The summed E-state index contributed by atoms with van der Waals surface area (Å²) in [5.74, 6) is 2.42. The van der Waals surface area contributed by atoms with E-state index in [0.29, 0.717) is 62.2 Å². The maximum atomic E-state index is 13.7. The van der Waals surface area contributed by atoms with Crippen LogP contribution in [0.1, 0.15) is 51.1 Å². The summed E-state index contributed by atoms with van der Waals surface area (Å²) < 4.78 is 7.04. The van der Waals surface area contributed by atoms with Gasteiger partial charge in [0.15, 0.2) is 5.69 Å². The Labute approximate surface area is 227 Å². The normalized spacial score (nSPS) is 31.6. The lowest BCUT2D eigenvalue weighted by Gasteiger charge is -2.40. The second kappa shape index (κ2) is 8.22. The molecule has 3 saturated heterocycles. The fraction of sp³-hybridized carbons (Fsp3) is 0.586. The number of carbonyl (C=O) groups excluding carboxylic acids is 3. The minimum absolute atomic E-state index is 0.0399. The lowest BCUT2D eigenvalue weighted by atomic mass is 9.91. The van der Waals surface area contributed by atoms with Crippen molar-refractivity contribution in [3.63, 3.8) is 0 Å². The predicted octanol–water partition coefficient (Wildman–Crippen LogP) is 1.86. The quantitative estimate of drug-likeness (QED) is 0.648. The minimum atomic E-state index is -0.369. The van der Waals surface area contributed by atoms with Crippen LogP contribution < -0.4 is 10.2 Å². The van der Waals surface area contributed by atoms with E-state index in [1.165, 1.54) is 16.8 Å². The van der Waals surface area contributed by atoms with Crippen molar-refractivity contribution in [3.05, 3.63) is 46.3 Å². The van der Waals surface area contributed by atoms with Crippen molar-refractivity contribution in [3.8, 4) is 0 Å². The Kier molecular flexibility index (Phi) is 4.92. The monoisotopic (exact) mass is 530 g/mol. The lowest BCUT2D eigenvalue weighted by molar-refractivity contribution is -0.132. The van der Waals surface area contributed by atoms with Crippen LogP contribution in [0, 0.1) is 31.6 Å². The van der Waals surface area contributed by atoms with Crippen LogP contribution in [0.15, 0.2) is 18.2 Å². The molecule has 2 aromatic rings. The van der Waals surface area contributed by atoms with E-state index >= 15 is 0 Å². The summed E-state index contributed by atoms with van der Waals surface area (Å²) in [6.07, 6.45) is 0.352. The van der Waals surface area contributed by atoms with Gasteiger partial charge in [-0.2, -0.15) is 5.10 Å². The Morgan fingerprint density at radius 2 is 1.85 bits per heavy atom. The maximum absolute atomic E-state index is 13.7. The van der Waals surface area contributed by atoms with Gasteiger partial charge in [0.1, 0.15) is 6.54 Å². The molecule has 39 heavy (non-hydrogen) atoms. The first-order chi connectivity index (χ1) is 18.9. The number of hydrogen-bond acceptors (Lipinski definition) is 6. The fourth-order valence-corrected chi connectivity index (χ4v) is 7.82. The highest BCUT2D eigenvalue weighted by atomic mass is 16.6. The van der Waals surface area contributed by atoms with E-state index in [-0.39, 0.29) is 36.4 Å². The number of hydrogen-bond donors (Lipinski definition) is 1. The summed E-state index contributed by atoms with van der Waals surface area (Å²) in [6.45, 7) is 8.98. The number of piperidine rings is 1. The number of amides is 3. The second-order valence-electron chi connectivity index (χ2n) is 12.2. The third-order valence-electron chi connectivity index (χ3n) is 10.3. The highest BCUT2D eigenvalue weighted by Crippen LogP contribution is 2.88. The van der Waals surface area contributed by atoms with Crippen LogP contribution in [0.25, 0.3) is 0 Å². The molecule has 4 aliphatic carbocycles. The van der Waals surface area contributed by atoms with Gasteiger partial charge in [-0.05, 0) is 55.2 Å². The number of anilines is 1. The number of likely N-dealkylation sites (tertiary alicyclic amines) is 1. The molecule has 4 heterocycles. The minimum Gasteiger partial charge on any atom is -0.449 e. The van der Waals surface area contributed by atoms with Crippen molar-refractivity contribution in [2.24, 2.45) is 17.8 Å². The van der Waals surface area contributed by atoms with Gasteiger partial charge in [-0.25, -0.2) is 4.79 Å². The molecule has 3 aliphatic heterocycles. The van der Waals surface area contributed by atoms with E-state index in [4.69, 9.17) is 9.84 Å². The second-order valence-corrected chi connectivity index (χ2v) is 12.2. The van der Waals surface area contributed by atoms with Gasteiger partial charge in [0.2, 0.25) is 5.91 Å². The topological polar surface area (TPSA) is 100 Å². The zero-order chi connectivity index (χ0) is 26.6. The number of cyclic esters (lactones) is 1. The summed E-state index contributed by atoms with van der Waals surface area (Å²) in [5.41, 5.74) is 6.64. The number of aromatic nitrogens is 2. The Morgan fingerprint density at radius 3 is 2.64 bits per heavy atom. The standard InChI is InChI=1S/C29H34N6O4/c1-15-4-3-5-19(16(15)2)32-8-10-33(11-9-32)20(36)13-35-27-24-21-22(24)23(21)25(27)26(31-35)28(37)34-7-6-18-17(12-34)14-39-29(38)30-18/h3-5,17-18,21-24H,6-14H2,1-2H3,(H,30,38)/t17?,18?,21-,22?,23?,24?/m0/s1. The molecule has 10 nitrogen and oxygen atoms in total. The third kappa shape index (κ3) is 3.45. The van der Waals surface area contributed by atoms with Crippen molar-refractivity contribution in [1.82, 2.24) is 24.9 Å². The van der Waals surface area contributed by atoms with Crippen LogP contribution in [-0.4, -0.2) is 89.4 Å². The first kappa shape index (κ1) is 23.3. The van der Waals surface area contributed by atoms with Crippen LogP contribution in [0.3, 0.4) is 0 Å². The molecule has 0 spiro atoms. The maximum Gasteiger partial charge on any atom is 0.407 e. The zero-order valence-corrected chi connectivity index (χ0v) is 22.4. The molecule has 7 aliphatic rings. The number of nitrogens with one attached hydrogen (secondary N) is 1. The predicted molar refractivity (Wildman–Crippen MR) is 142 cm³/mol. The van der Waals surface area contributed by atoms with Crippen molar-refractivity contribution in [2.45, 2.75) is 44.7 Å². The van der Waals surface area contributed by atoms with Gasteiger partial charge in [0.05, 0.1) is 6.61 Å². The van der Waals surface area contributed by atoms with E-state index in [1.807, 2.05) is 14.5 Å². The Morgan fingerprint density at radius 1 is 1.05 bits per heavy atom. The highest BCUT2D eigenvalue weighted by molar-refractivity contribution is 5.96. The number of alkyl carbamates (subject to hydrolysis) is 1. The molecule has 0 radical (unpaired) electrons. The fourth-order valence-electron chi connectivity index (χ4n) is 7.82. The SMILES string of the molecule is Cc1cccc(N2CCN(C(=O)Cn3nc(C(=O)N4CCC5NC(=O)OCC5C4)c4c3C3C5C4[C@@H]35)CC2)c1C. The summed E-state index contributed by atoms with van der Waals surface area (Å²) >= 11 is 0. The number of aryl methyl sites for hydroxylation is 1. The smallest absolute Gasteiger partial charge is 0.407 e. The molecule has 1 aromatic heterocycles. The van der Waals surface area contributed by atoms with E-state index in [9.17, 15) is 14.4 Å². The van der Waals surface area contributed by atoms with Gasteiger partial charge < -0.3 is 24.8 Å². The summed E-state index contributed by atoms with van der Waals surface area (Å²) in [6, 6.07) is 6.46. The van der Waals surface area contributed by atoms with Gasteiger partial charge in [-0.15, -0.1) is 0 Å². The molecular formula is C29H34N6O4. The largest absolute Gasteiger partial charge is 0.449 e. The van der Waals surface area contributed by atoms with Gasteiger partial charge in [0, 0.05) is 74.1 Å². The first-order valence-corrected chi connectivity index (χ1v) is 14.3. The average molecular weight is 531 g/mol. The molecular weight excluding hydrogens is 496 g/mol. The molecule has 9 rings (SSSR count).